The van der Waals surface area contributed by atoms with Gasteiger partial charge in [-0.15, -0.1) is 0 Å². The Bertz CT molecular complexity index is 322. The van der Waals surface area contributed by atoms with Crippen molar-refractivity contribution < 1.29 is 19.8 Å². The standard InChI is InChI=1S/C8H9NO4/c1-2-9-5(7(10)11)3-4-6(9)8(12)13/h3-4H,2H2,1H3,(H,10,11)(H,12,13). The summed E-state index contributed by atoms with van der Waals surface area (Å²) in [5.41, 5.74) is -0.000185. The van der Waals surface area contributed by atoms with Crippen LogP contribution in [0.5, 0.6) is 0 Å². The first-order valence-corrected chi connectivity index (χ1v) is 3.74. The van der Waals surface area contributed by atoms with Crippen molar-refractivity contribution in [3.8, 4) is 0 Å². The average molecular weight is 183 g/mol. The average Bonchev–Trinajstić information content (AvgIpc) is 2.46. The molecule has 0 unspecified atom stereocenters. The fourth-order valence-corrected chi connectivity index (χ4v) is 1.18. The third-order valence-electron chi connectivity index (χ3n) is 1.74. The Morgan fingerprint density at radius 1 is 1.23 bits per heavy atom. The second kappa shape index (κ2) is 3.30. The molecule has 1 rings (SSSR count). The van der Waals surface area contributed by atoms with Crippen molar-refractivity contribution in [2.45, 2.75) is 13.5 Å². The number of carbonyl (C=O) groups is 2. The molecule has 5 nitrogen and oxygen atoms in total. The lowest BCUT2D eigenvalue weighted by Gasteiger charge is -2.04. The van der Waals surface area contributed by atoms with Gasteiger partial charge < -0.3 is 14.8 Å². The van der Waals surface area contributed by atoms with E-state index in [-0.39, 0.29) is 11.4 Å². The number of nitrogens with zero attached hydrogens (tertiary/aromatic N) is 1. The van der Waals surface area contributed by atoms with Gasteiger partial charge in [-0.05, 0) is 19.1 Å². The predicted octanol–water partition coefficient (Wildman–Crippen LogP) is 0.904. The van der Waals surface area contributed by atoms with Crippen LogP contribution in [0.15, 0.2) is 12.1 Å². The fraction of sp³-hybridized carbons (Fsp3) is 0.250. The Labute approximate surface area is 74.2 Å². The highest BCUT2D eigenvalue weighted by Crippen LogP contribution is 2.09. The molecule has 0 aliphatic rings. The number of hydrogen-bond donors (Lipinski definition) is 2. The first-order valence-electron chi connectivity index (χ1n) is 3.74. The Hall–Kier alpha value is -1.78. The Morgan fingerprint density at radius 2 is 1.62 bits per heavy atom. The van der Waals surface area contributed by atoms with Crippen molar-refractivity contribution in [3.05, 3.63) is 23.5 Å². The van der Waals surface area contributed by atoms with Gasteiger partial charge in [-0.3, -0.25) is 0 Å². The van der Waals surface area contributed by atoms with E-state index in [4.69, 9.17) is 10.2 Å². The lowest BCUT2D eigenvalue weighted by molar-refractivity contribution is 0.0677. The van der Waals surface area contributed by atoms with E-state index in [1.165, 1.54) is 16.7 Å². The van der Waals surface area contributed by atoms with Crippen molar-refractivity contribution in [2.75, 3.05) is 0 Å². The summed E-state index contributed by atoms with van der Waals surface area (Å²) in [5, 5.41) is 17.4. The maximum atomic E-state index is 10.6. The molecule has 2 N–H and O–H groups in total. The molecule has 1 aromatic rings. The Morgan fingerprint density at radius 3 is 1.85 bits per heavy atom. The monoisotopic (exact) mass is 183 g/mol. The summed E-state index contributed by atoms with van der Waals surface area (Å²) in [6.07, 6.45) is 0. The summed E-state index contributed by atoms with van der Waals surface area (Å²) in [6.45, 7) is 2.02. The van der Waals surface area contributed by atoms with E-state index in [1.54, 1.807) is 6.92 Å². The number of aromatic carboxylic acids is 2. The van der Waals surface area contributed by atoms with Crippen molar-refractivity contribution in [1.82, 2.24) is 4.57 Å². The van der Waals surface area contributed by atoms with Crippen LogP contribution in [-0.4, -0.2) is 26.7 Å². The lowest BCUT2D eigenvalue weighted by atomic mass is 10.4. The molecule has 0 aromatic carbocycles. The van der Waals surface area contributed by atoms with Crippen LogP contribution < -0.4 is 0 Å². The van der Waals surface area contributed by atoms with E-state index in [2.05, 4.69) is 0 Å². The molecule has 0 aliphatic heterocycles. The van der Waals surface area contributed by atoms with Gasteiger partial charge in [0.1, 0.15) is 11.4 Å². The summed E-state index contributed by atoms with van der Waals surface area (Å²) < 4.78 is 1.24. The number of aromatic nitrogens is 1. The van der Waals surface area contributed by atoms with Crippen molar-refractivity contribution in [1.29, 1.82) is 0 Å². The number of hydrogen-bond acceptors (Lipinski definition) is 2. The highest BCUT2D eigenvalue weighted by Gasteiger charge is 2.16. The van der Waals surface area contributed by atoms with Crippen molar-refractivity contribution in [2.24, 2.45) is 0 Å². The highest BCUT2D eigenvalue weighted by molar-refractivity contribution is 5.91. The fourth-order valence-electron chi connectivity index (χ4n) is 1.18. The first kappa shape index (κ1) is 9.31. The van der Waals surface area contributed by atoms with Crippen molar-refractivity contribution >= 4 is 11.9 Å². The van der Waals surface area contributed by atoms with E-state index in [0.29, 0.717) is 6.54 Å². The van der Waals surface area contributed by atoms with Crippen LogP contribution in [-0.2, 0) is 6.54 Å². The van der Waals surface area contributed by atoms with Gasteiger partial charge in [-0.2, -0.15) is 0 Å². The third kappa shape index (κ3) is 1.53. The smallest absolute Gasteiger partial charge is 0.352 e. The largest absolute Gasteiger partial charge is 0.477 e. The van der Waals surface area contributed by atoms with Gasteiger partial charge in [0.15, 0.2) is 0 Å². The van der Waals surface area contributed by atoms with Crippen LogP contribution in [0.1, 0.15) is 27.9 Å². The molecule has 0 spiro atoms. The summed E-state index contributed by atoms with van der Waals surface area (Å²) in [4.78, 5) is 21.2. The van der Waals surface area contributed by atoms with Crippen LogP contribution in [0.25, 0.3) is 0 Å². The molecule has 0 atom stereocenters. The molecule has 5 heteroatoms. The zero-order valence-corrected chi connectivity index (χ0v) is 7.02. The lowest BCUT2D eigenvalue weighted by Crippen LogP contribution is -2.12. The number of carboxylic acid groups (broad SMARTS) is 2. The van der Waals surface area contributed by atoms with Gasteiger partial charge in [0.25, 0.3) is 0 Å². The van der Waals surface area contributed by atoms with E-state index in [0.717, 1.165) is 0 Å². The van der Waals surface area contributed by atoms with Gasteiger partial charge >= 0.3 is 11.9 Å². The van der Waals surface area contributed by atoms with Gasteiger partial charge in [-0.1, -0.05) is 0 Å². The summed E-state index contributed by atoms with van der Waals surface area (Å²) in [7, 11) is 0. The molecule has 1 aromatic heterocycles. The molecular formula is C8H9NO4. The van der Waals surface area contributed by atoms with Crippen LogP contribution in [0.4, 0.5) is 0 Å². The normalized spacial score (nSPS) is 9.92. The van der Waals surface area contributed by atoms with E-state index < -0.39 is 11.9 Å². The molecule has 0 saturated carbocycles. The summed E-state index contributed by atoms with van der Waals surface area (Å²) in [6, 6.07) is 2.57. The summed E-state index contributed by atoms with van der Waals surface area (Å²) in [5.74, 6) is -2.23. The van der Waals surface area contributed by atoms with Gasteiger partial charge in [0.2, 0.25) is 0 Å². The molecule has 70 valence electrons. The predicted molar refractivity (Wildman–Crippen MR) is 44.0 cm³/mol. The Balaban J connectivity index is 3.26. The first-order chi connectivity index (χ1) is 6.07. The topological polar surface area (TPSA) is 79.5 Å². The number of rotatable bonds is 3. The zero-order chi connectivity index (χ0) is 10.0. The van der Waals surface area contributed by atoms with Gasteiger partial charge in [0.05, 0.1) is 0 Å². The van der Waals surface area contributed by atoms with Crippen LogP contribution in [0, 0.1) is 0 Å². The molecule has 0 bridgehead atoms. The molecule has 0 aliphatic carbocycles. The summed E-state index contributed by atoms with van der Waals surface area (Å²) >= 11 is 0. The van der Waals surface area contributed by atoms with E-state index in [1.807, 2.05) is 0 Å². The molecule has 0 amide bonds. The molecule has 1 heterocycles. The zero-order valence-electron chi connectivity index (χ0n) is 7.02. The number of carboxylic acids is 2. The second-order valence-electron chi connectivity index (χ2n) is 2.46. The Kier molecular flexibility index (Phi) is 2.36. The SMILES string of the molecule is CCn1c(C(=O)O)ccc1C(=O)O. The molecule has 0 fully saturated rings. The van der Waals surface area contributed by atoms with Crippen molar-refractivity contribution in [3.63, 3.8) is 0 Å². The molecular weight excluding hydrogens is 174 g/mol. The third-order valence-corrected chi connectivity index (χ3v) is 1.74. The second-order valence-corrected chi connectivity index (χ2v) is 2.46. The minimum Gasteiger partial charge on any atom is -0.477 e. The minimum atomic E-state index is -1.12. The van der Waals surface area contributed by atoms with Gasteiger partial charge in [0, 0.05) is 6.54 Å². The van der Waals surface area contributed by atoms with E-state index >= 15 is 0 Å². The van der Waals surface area contributed by atoms with Crippen LogP contribution in [0.2, 0.25) is 0 Å². The quantitative estimate of drug-likeness (QED) is 0.729. The van der Waals surface area contributed by atoms with Crippen LogP contribution >= 0.6 is 0 Å². The minimum absolute atomic E-state index is 0.0000926. The molecule has 0 saturated heterocycles. The molecule has 0 radical (unpaired) electrons. The molecule has 13 heavy (non-hydrogen) atoms. The van der Waals surface area contributed by atoms with Crippen LogP contribution in [0.3, 0.4) is 0 Å². The van der Waals surface area contributed by atoms with Gasteiger partial charge in [-0.25, -0.2) is 9.59 Å². The maximum absolute atomic E-state index is 10.6. The highest BCUT2D eigenvalue weighted by atomic mass is 16.4. The van der Waals surface area contributed by atoms with E-state index in [9.17, 15) is 9.59 Å². The maximum Gasteiger partial charge on any atom is 0.352 e.